The lowest BCUT2D eigenvalue weighted by atomic mass is 10.1. The van der Waals surface area contributed by atoms with E-state index < -0.39 is 11.3 Å². The first-order valence-electron chi connectivity index (χ1n) is 7.27. The fourth-order valence-corrected chi connectivity index (χ4v) is 2.20. The number of ether oxygens (including phenoxy) is 2. The fraction of sp³-hybridized carbons (Fsp3) is 0.200. The number of halogens is 3. The standard InChI is InChI=1S/C15H11F3N4O4/c16-15(17,18)26-11-3-1-10(2-4-11)5-8-25-14-13-20-12(22(23)24)9-21(13)7-6-19-14/h1-4,6-7,9H,5,8H2. The molecule has 0 fully saturated rings. The summed E-state index contributed by atoms with van der Waals surface area (Å²) in [5.74, 6) is -0.515. The topological polar surface area (TPSA) is 91.8 Å². The molecular formula is C15H11F3N4O4. The molecule has 0 aliphatic heterocycles. The van der Waals surface area contributed by atoms with Crippen molar-refractivity contribution in [1.82, 2.24) is 14.4 Å². The molecule has 0 amide bonds. The highest BCUT2D eigenvalue weighted by molar-refractivity contribution is 5.52. The van der Waals surface area contributed by atoms with Crippen molar-refractivity contribution in [3.05, 3.63) is 58.5 Å². The minimum Gasteiger partial charge on any atom is -0.473 e. The first kappa shape index (κ1) is 17.5. The number of aromatic nitrogens is 3. The Morgan fingerprint density at radius 3 is 2.62 bits per heavy atom. The summed E-state index contributed by atoms with van der Waals surface area (Å²) in [4.78, 5) is 18.0. The molecular weight excluding hydrogens is 357 g/mol. The second kappa shape index (κ2) is 6.86. The Bertz CT molecular complexity index is 925. The van der Waals surface area contributed by atoms with E-state index in [0.29, 0.717) is 6.42 Å². The molecule has 0 bridgehead atoms. The van der Waals surface area contributed by atoms with Crippen LogP contribution >= 0.6 is 0 Å². The lowest BCUT2D eigenvalue weighted by Gasteiger charge is -2.09. The Morgan fingerprint density at radius 1 is 1.23 bits per heavy atom. The molecule has 0 saturated carbocycles. The Morgan fingerprint density at radius 2 is 1.96 bits per heavy atom. The van der Waals surface area contributed by atoms with Crippen molar-refractivity contribution in [3.63, 3.8) is 0 Å². The number of fused-ring (bicyclic) bond motifs is 1. The molecule has 136 valence electrons. The Hall–Kier alpha value is -3.37. The van der Waals surface area contributed by atoms with Gasteiger partial charge in [0.1, 0.15) is 11.9 Å². The molecule has 0 spiro atoms. The molecule has 0 aliphatic carbocycles. The third-order valence-electron chi connectivity index (χ3n) is 3.30. The van der Waals surface area contributed by atoms with Gasteiger partial charge in [-0.05, 0) is 27.6 Å². The summed E-state index contributed by atoms with van der Waals surface area (Å²) >= 11 is 0. The average molecular weight is 368 g/mol. The third-order valence-corrected chi connectivity index (χ3v) is 3.30. The van der Waals surface area contributed by atoms with Gasteiger partial charge in [0.2, 0.25) is 0 Å². The van der Waals surface area contributed by atoms with E-state index in [9.17, 15) is 23.3 Å². The van der Waals surface area contributed by atoms with Crippen molar-refractivity contribution in [2.24, 2.45) is 0 Å². The van der Waals surface area contributed by atoms with Gasteiger partial charge in [0.05, 0.1) is 6.61 Å². The van der Waals surface area contributed by atoms with Crippen LogP contribution in [-0.4, -0.2) is 32.3 Å². The van der Waals surface area contributed by atoms with Crippen molar-refractivity contribution >= 4 is 11.5 Å². The summed E-state index contributed by atoms with van der Waals surface area (Å²) in [6.07, 6.45) is -0.193. The second-order valence-corrected chi connectivity index (χ2v) is 5.11. The second-order valence-electron chi connectivity index (χ2n) is 5.11. The summed E-state index contributed by atoms with van der Waals surface area (Å²) in [5.41, 5.74) is 0.925. The maximum Gasteiger partial charge on any atom is 0.573 e. The molecule has 0 unspecified atom stereocenters. The third kappa shape index (κ3) is 4.18. The molecule has 1 aromatic carbocycles. The molecule has 3 rings (SSSR count). The van der Waals surface area contributed by atoms with Crippen LogP contribution in [0.1, 0.15) is 5.56 Å². The van der Waals surface area contributed by atoms with E-state index in [1.165, 1.54) is 47.3 Å². The lowest BCUT2D eigenvalue weighted by Crippen LogP contribution is -2.17. The maximum atomic E-state index is 12.1. The predicted octanol–water partition coefficient (Wildman–Crippen LogP) is 3.16. The van der Waals surface area contributed by atoms with Crippen LogP contribution < -0.4 is 9.47 Å². The minimum absolute atomic E-state index is 0.123. The van der Waals surface area contributed by atoms with E-state index in [2.05, 4.69) is 14.7 Å². The quantitative estimate of drug-likeness (QED) is 0.490. The van der Waals surface area contributed by atoms with Gasteiger partial charge in [0, 0.05) is 18.8 Å². The largest absolute Gasteiger partial charge is 0.573 e. The van der Waals surface area contributed by atoms with E-state index in [1.54, 1.807) is 0 Å². The Labute approximate surface area is 144 Å². The van der Waals surface area contributed by atoms with Gasteiger partial charge in [-0.3, -0.25) is 4.40 Å². The molecule has 3 aromatic rings. The van der Waals surface area contributed by atoms with Gasteiger partial charge in [-0.2, -0.15) is 0 Å². The zero-order valence-electron chi connectivity index (χ0n) is 13.0. The number of hydrogen-bond donors (Lipinski definition) is 0. The van der Waals surface area contributed by atoms with Crippen molar-refractivity contribution in [2.45, 2.75) is 12.8 Å². The zero-order valence-corrected chi connectivity index (χ0v) is 13.0. The van der Waals surface area contributed by atoms with Gasteiger partial charge in [0.15, 0.2) is 0 Å². The summed E-state index contributed by atoms with van der Waals surface area (Å²) in [5, 5.41) is 10.8. The van der Waals surface area contributed by atoms with Gasteiger partial charge in [0.25, 0.3) is 5.88 Å². The van der Waals surface area contributed by atoms with Crippen LogP contribution in [0.3, 0.4) is 0 Å². The molecule has 0 radical (unpaired) electrons. The number of nitro groups is 1. The van der Waals surface area contributed by atoms with Crippen molar-refractivity contribution in [2.75, 3.05) is 6.61 Å². The van der Waals surface area contributed by atoms with Crippen molar-refractivity contribution < 1.29 is 27.6 Å². The monoisotopic (exact) mass is 368 g/mol. The van der Waals surface area contributed by atoms with Crippen LogP contribution in [-0.2, 0) is 6.42 Å². The van der Waals surface area contributed by atoms with E-state index >= 15 is 0 Å². The van der Waals surface area contributed by atoms with Crippen LogP contribution in [0.2, 0.25) is 0 Å². The van der Waals surface area contributed by atoms with Crippen LogP contribution in [0, 0.1) is 10.1 Å². The van der Waals surface area contributed by atoms with Gasteiger partial charge in [-0.25, -0.2) is 4.98 Å². The molecule has 26 heavy (non-hydrogen) atoms. The van der Waals surface area contributed by atoms with Gasteiger partial charge in [-0.1, -0.05) is 12.1 Å². The minimum atomic E-state index is -4.73. The number of hydrogen-bond acceptors (Lipinski definition) is 6. The number of benzene rings is 1. The maximum absolute atomic E-state index is 12.1. The van der Waals surface area contributed by atoms with E-state index in [-0.39, 0.29) is 29.7 Å². The van der Waals surface area contributed by atoms with E-state index in [4.69, 9.17) is 4.74 Å². The van der Waals surface area contributed by atoms with Crippen molar-refractivity contribution in [3.8, 4) is 11.6 Å². The highest BCUT2D eigenvalue weighted by atomic mass is 19.4. The van der Waals surface area contributed by atoms with Crippen LogP contribution in [0.25, 0.3) is 5.65 Å². The Kier molecular flexibility index (Phi) is 4.61. The SMILES string of the molecule is O=[N+]([O-])c1cn2ccnc(OCCc3ccc(OC(F)(F)F)cc3)c2n1. The molecule has 2 heterocycles. The molecule has 0 saturated heterocycles. The van der Waals surface area contributed by atoms with Gasteiger partial charge < -0.3 is 19.6 Å². The highest BCUT2D eigenvalue weighted by Gasteiger charge is 2.30. The Balaban J connectivity index is 1.63. The van der Waals surface area contributed by atoms with Gasteiger partial charge in [-0.15, -0.1) is 13.2 Å². The van der Waals surface area contributed by atoms with E-state index in [1.807, 2.05) is 0 Å². The zero-order chi connectivity index (χ0) is 18.7. The number of imidazole rings is 1. The number of rotatable bonds is 6. The molecule has 0 N–H and O–H groups in total. The summed E-state index contributed by atoms with van der Waals surface area (Å²) in [6.45, 7) is 0.160. The number of nitrogens with zero attached hydrogens (tertiary/aromatic N) is 4. The smallest absolute Gasteiger partial charge is 0.473 e. The van der Waals surface area contributed by atoms with Crippen LogP contribution in [0.4, 0.5) is 19.0 Å². The van der Waals surface area contributed by atoms with E-state index in [0.717, 1.165) is 5.56 Å². The van der Waals surface area contributed by atoms with Crippen LogP contribution in [0.15, 0.2) is 42.9 Å². The van der Waals surface area contributed by atoms with Gasteiger partial charge >= 0.3 is 17.8 Å². The first-order chi connectivity index (χ1) is 12.3. The molecule has 8 nitrogen and oxygen atoms in total. The normalized spacial score (nSPS) is 11.5. The van der Waals surface area contributed by atoms with Crippen LogP contribution in [0.5, 0.6) is 11.6 Å². The molecule has 11 heteroatoms. The fourth-order valence-electron chi connectivity index (χ4n) is 2.20. The van der Waals surface area contributed by atoms with Crippen molar-refractivity contribution in [1.29, 1.82) is 0 Å². The molecule has 0 aliphatic rings. The highest BCUT2D eigenvalue weighted by Crippen LogP contribution is 2.23. The predicted molar refractivity (Wildman–Crippen MR) is 82.0 cm³/mol. The lowest BCUT2D eigenvalue weighted by molar-refractivity contribution is -0.389. The summed E-state index contributed by atoms with van der Waals surface area (Å²) < 4.78 is 47.0. The average Bonchev–Trinajstić information content (AvgIpc) is 3.00. The first-order valence-corrected chi connectivity index (χ1v) is 7.27. The summed E-state index contributed by atoms with van der Waals surface area (Å²) in [7, 11) is 0. The number of alkyl halides is 3. The summed E-state index contributed by atoms with van der Waals surface area (Å²) in [6, 6.07) is 5.39. The molecule has 0 atom stereocenters. The molecule has 2 aromatic heterocycles.